The molecule has 0 aliphatic heterocycles. The fraction of sp³-hybridized carbons (Fsp3) is 0.294. The minimum absolute atomic E-state index is 0.359. The molecule has 0 aromatic heterocycles. The molecule has 0 amide bonds. The maximum Gasteiger partial charge on any atom is 0.122 e. The van der Waals surface area contributed by atoms with Crippen LogP contribution in [-0.2, 0) is 0 Å². The van der Waals surface area contributed by atoms with Crippen molar-refractivity contribution >= 4 is 0 Å². The van der Waals surface area contributed by atoms with Crippen molar-refractivity contribution in [1.82, 2.24) is 0 Å². The predicted octanol–water partition coefficient (Wildman–Crippen LogP) is 3.90. The van der Waals surface area contributed by atoms with E-state index < -0.39 is 6.10 Å². The lowest BCUT2D eigenvalue weighted by atomic mass is 9.95. The van der Waals surface area contributed by atoms with E-state index in [0.29, 0.717) is 5.92 Å². The van der Waals surface area contributed by atoms with E-state index in [0.717, 1.165) is 22.4 Å². The molecule has 100 valence electrons. The Morgan fingerprint density at radius 2 is 1.63 bits per heavy atom. The Morgan fingerprint density at radius 3 is 2.21 bits per heavy atom. The molecule has 2 rings (SSSR count). The Kier molecular flexibility index (Phi) is 4.23. The number of ether oxygens (including phenoxy) is 1. The molecule has 0 radical (unpaired) electrons. The molecule has 0 saturated heterocycles. The van der Waals surface area contributed by atoms with Crippen molar-refractivity contribution in [3.8, 4) is 5.75 Å². The fourth-order valence-corrected chi connectivity index (χ4v) is 2.20. The summed E-state index contributed by atoms with van der Waals surface area (Å²) in [6, 6.07) is 15.6. The average molecular weight is 256 g/mol. The second-order valence-electron chi connectivity index (χ2n) is 4.97. The van der Waals surface area contributed by atoms with E-state index in [-0.39, 0.29) is 0 Å². The van der Waals surface area contributed by atoms with Crippen molar-refractivity contribution in [1.29, 1.82) is 0 Å². The zero-order valence-electron chi connectivity index (χ0n) is 11.6. The third-order valence-corrected chi connectivity index (χ3v) is 3.31. The molecule has 1 N–H and O–H groups in total. The molecule has 2 heteroatoms. The summed E-state index contributed by atoms with van der Waals surface area (Å²) in [7, 11) is 1.68. The monoisotopic (exact) mass is 256 g/mol. The van der Waals surface area contributed by atoms with E-state index in [9.17, 15) is 5.11 Å². The summed E-state index contributed by atoms with van der Waals surface area (Å²) >= 11 is 0. The summed E-state index contributed by atoms with van der Waals surface area (Å²) in [6.07, 6.45) is -0.593. The van der Waals surface area contributed by atoms with Gasteiger partial charge < -0.3 is 9.84 Å². The topological polar surface area (TPSA) is 29.5 Å². The first-order chi connectivity index (χ1) is 9.13. The first-order valence-corrected chi connectivity index (χ1v) is 6.54. The van der Waals surface area contributed by atoms with Crippen molar-refractivity contribution in [3.63, 3.8) is 0 Å². The quantitative estimate of drug-likeness (QED) is 0.899. The van der Waals surface area contributed by atoms with Crippen LogP contribution in [0.2, 0.25) is 0 Å². The van der Waals surface area contributed by atoms with Crippen LogP contribution in [0.25, 0.3) is 0 Å². The number of methoxy groups -OCH3 is 1. The highest BCUT2D eigenvalue weighted by molar-refractivity contribution is 5.42. The minimum atomic E-state index is -0.593. The van der Waals surface area contributed by atoms with Crippen molar-refractivity contribution in [2.45, 2.75) is 25.9 Å². The highest BCUT2D eigenvalue weighted by atomic mass is 16.5. The van der Waals surface area contributed by atoms with Gasteiger partial charge in [0.05, 0.1) is 7.11 Å². The lowest BCUT2D eigenvalue weighted by molar-refractivity contribution is 0.220. The van der Waals surface area contributed by atoms with Gasteiger partial charge in [-0.15, -0.1) is 0 Å². The summed E-state index contributed by atoms with van der Waals surface area (Å²) < 4.78 is 5.37. The van der Waals surface area contributed by atoms with Gasteiger partial charge >= 0.3 is 0 Å². The predicted molar refractivity (Wildman–Crippen MR) is 77.6 cm³/mol. The van der Waals surface area contributed by atoms with E-state index in [1.807, 2.05) is 48.5 Å². The molecule has 0 bridgehead atoms. The average Bonchev–Trinajstić information content (AvgIpc) is 2.46. The Hall–Kier alpha value is -1.80. The molecule has 0 saturated carbocycles. The van der Waals surface area contributed by atoms with Gasteiger partial charge in [-0.1, -0.05) is 50.2 Å². The molecule has 0 heterocycles. The highest BCUT2D eigenvalue weighted by Crippen LogP contribution is 2.31. The van der Waals surface area contributed by atoms with Gasteiger partial charge in [-0.2, -0.15) is 0 Å². The van der Waals surface area contributed by atoms with Crippen LogP contribution in [0.3, 0.4) is 0 Å². The lowest BCUT2D eigenvalue weighted by Gasteiger charge is -2.17. The summed E-state index contributed by atoms with van der Waals surface area (Å²) in [5, 5.41) is 10.4. The highest BCUT2D eigenvalue weighted by Gasteiger charge is 2.14. The van der Waals surface area contributed by atoms with Gasteiger partial charge in [0, 0.05) is 0 Å². The van der Waals surface area contributed by atoms with Gasteiger partial charge in [-0.25, -0.2) is 0 Å². The second-order valence-corrected chi connectivity index (χ2v) is 4.97. The Labute approximate surface area is 114 Å². The maximum absolute atomic E-state index is 10.4. The van der Waals surface area contributed by atoms with Gasteiger partial charge in [0.2, 0.25) is 0 Å². The number of aliphatic hydroxyl groups excluding tert-OH is 1. The molecular formula is C17H20O2. The zero-order chi connectivity index (χ0) is 13.8. The number of rotatable bonds is 4. The van der Waals surface area contributed by atoms with Crippen LogP contribution in [0, 0.1) is 0 Å². The van der Waals surface area contributed by atoms with Crippen LogP contribution in [0.5, 0.6) is 5.75 Å². The van der Waals surface area contributed by atoms with Crippen molar-refractivity contribution in [2.75, 3.05) is 7.11 Å². The molecule has 2 nitrogen and oxygen atoms in total. The molecule has 0 fully saturated rings. The first kappa shape index (κ1) is 13.6. The van der Waals surface area contributed by atoms with Crippen molar-refractivity contribution in [3.05, 3.63) is 65.2 Å². The summed E-state index contributed by atoms with van der Waals surface area (Å²) in [5.41, 5.74) is 2.92. The zero-order valence-corrected chi connectivity index (χ0v) is 11.6. The Morgan fingerprint density at radius 1 is 0.947 bits per heavy atom. The van der Waals surface area contributed by atoms with Gasteiger partial charge in [-0.3, -0.25) is 0 Å². The van der Waals surface area contributed by atoms with Crippen LogP contribution in [0.15, 0.2) is 48.5 Å². The molecule has 1 unspecified atom stereocenters. The van der Waals surface area contributed by atoms with Crippen molar-refractivity contribution < 1.29 is 9.84 Å². The third kappa shape index (κ3) is 2.96. The van der Waals surface area contributed by atoms with Crippen LogP contribution >= 0.6 is 0 Å². The molecule has 2 aromatic carbocycles. The third-order valence-electron chi connectivity index (χ3n) is 3.31. The van der Waals surface area contributed by atoms with E-state index in [4.69, 9.17) is 4.74 Å². The van der Waals surface area contributed by atoms with Gasteiger partial charge in [-0.05, 0) is 34.7 Å². The second kappa shape index (κ2) is 5.89. The standard InChI is InChI=1S/C17H20O2/c1-12(2)15-11-14(9-10-16(15)19-3)17(18)13-7-5-4-6-8-13/h4-12,17-18H,1-3H3. The smallest absolute Gasteiger partial charge is 0.122 e. The van der Waals surface area contributed by atoms with Crippen molar-refractivity contribution in [2.24, 2.45) is 0 Å². The van der Waals surface area contributed by atoms with Crippen LogP contribution in [-0.4, -0.2) is 12.2 Å². The molecular weight excluding hydrogens is 236 g/mol. The SMILES string of the molecule is COc1ccc(C(O)c2ccccc2)cc1C(C)C. The molecule has 0 aliphatic rings. The van der Waals surface area contributed by atoms with E-state index >= 15 is 0 Å². The molecule has 0 aliphatic carbocycles. The fourth-order valence-electron chi connectivity index (χ4n) is 2.20. The summed E-state index contributed by atoms with van der Waals surface area (Å²) in [5.74, 6) is 1.23. The number of hydrogen-bond donors (Lipinski definition) is 1. The van der Waals surface area contributed by atoms with Crippen LogP contribution < -0.4 is 4.74 Å². The Balaban J connectivity index is 2.38. The lowest BCUT2D eigenvalue weighted by Crippen LogP contribution is -2.02. The maximum atomic E-state index is 10.4. The van der Waals surface area contributed by atoms with Crippen LogP contribution in [0.1, 0.15) is 42.6 Å². The van der Waals surface area contributed by atoms with Gasteiger partial charge in [0.1, 0.15) is 11.9 Å². The molecule has 19 heavy (non-hydrogen) atoms. The Bertz CT molecular complexity index is 532. The molecule has 1 atom stereocenters. The van der Waals surface area contributed by atoms with Gasteiger partial charge in [0.15, 0.2) is 0 Å². The van der Waals surface area contributed by atoms with Gasteiger partial charge in [0.25, 0.3) is 0 Å². The normalized spacial score (nSPS) is 12.5. The first-order valence-electron chi connectivity index (χ1n) is 6.54. The number of hydrogen-bond acceptors (Lipinski definition) is 2. The van der Waals surface area contributed by atoms with E-state index in [1.165, 1.54) is 0 Å². The van der Waals surface area contributed by atoms with E-state index in [1.54, 1.807) is 7.11 Å². The largest absolute Gasteiger partial charge is 0.496 e. The molecule has 0 spiro atoms. The summed E-state index contributed by atoms with van der Waals surface area (Å²) in [4.78, 5) is 0. The van der Waals surface area contributed by atoms with Crippen LogP contribution in [0.4, 0.5) is 0 Å². The summed E-state index contributed by atoms with van der Waals surface area (Å²) in [6.45, 7) is 4.24. The number of benzene rings is 2. The van der Waals surface area contributed by atoms with E-state index in [2.05, 4.69) is 13.8 Å². The molecule has 2 aromatic rings. The number of aliphatic hydroxyl groups is 1. The minimum Gasteiger partial charge on any atom is -0.496 e.